The minimum atomic E-state index is -1.07. The molecule has 0 aliphatic carbocycles. The SMILES string of the molecule is CCC(=O)C(C(=O)CC)C(C(=O)CC)C(=O)CC. The van der Waals surface area contributed by atoms with Gasteiger partial charge in [0.25, 0.3) is 0 Å². The Morgan fingerprint density at radius 1 is 0.556 bits per heavy atom. The lowest BCUT2D eigenvalue weighted by Gasteiger charge is -2.21. The van der Waals surface area contributed by atoms with Crippen LogP contribution in [0.3, 0.4) is 0 Å². The van der Waals surface area contributed by atoms with Crippen LogP contribution >= 0.6 is 0 Å². The van der Waals surface area contributed by atoms with Gasteiger partial charge in [-0.1, -0.05) is 27.7 Å². The molecule has 0 saturated heterocycles. The van der Waals surface area contributed by atoms with Crippen LogP contribution in [0.5, 0.6) is 0 Å². The van der Waals surface area contributed by atoms with Crippen molar-refractivity contribution in [1.82, 2.24) is 0 Å². The Balaban J connectivity index is 5.47. The first kappa shape index (κ1) is 16.7. The molecule has 0 spiro atoms. The minimum Gasteiger partial charge on any atom is -0.299 e. The molecule has 0 bridgehead atoms. The van der Waals surface area contributed by atoms with E-state index >= 15 is 0 Å². The van der Waals surface area contributed by atoms with Gasteiger partial charge in [-0.05, 0) is 0 Å². The van der Waals surface area contributed by atoms with Crippen molar-refractivity contribution in [2.24, 2.45) is 11.8 Å². The van der Waals surface area contributed by atoms with Crippen LogP contribution in [0.2, 0.25) is 0 Å². The molecule has 4 nitrogen and oxygen atoms in total. The first-order valence-corrected chi connectivity index (χ1v) is 6.55. The van der Waals surface area contributed by atoms with Crippen LogP contribution < -0.4 is 0 Å². The lowest BCUT2D eigenvalue weighted by molar-refractivity contribution is -0.146. The average molecular weight is 254 g/mol. The van der Waals surface area contributed by atoms with Crippen molar-refractivity contribution in [2.75, 3.05) is 0 Å². The van der Waals surface area contributed by atoms with E-state index in [1.807, 2.05) is 0 Å². The molecule has 0 fully saturated rings. The number of carbonyl (C=O) groups is 4. The molecule has 0 atom stereocenters. The molecule has 0 saturated carbocycles. The van der Waals surface area contributed by atoms with Crippen molar-refractivity contribution in [3.05, 3.63) is 0 Å². The van der Waals surface area contributed by atoms with Gasteiger partial charge in [-0.25, -0.2) is 0 Å². The molecule has 102 valence electrons. The summed E-state index contributed by atoms with van der Waals surface area (Å²) < 4.78 is 0. The maximum absolute atomic E-state index is 11.9. The topological polar surface area (TPSA) is 68.3 Å². The predicted molar refractivity (Wildman–Crippen MR) is 68.2 cm³/mol. The van der Waals surface area contributed by atoms with E-state index in [1.54, 1.807) is 27.7 Å². The third-order valence-electron chi connectivity index (χ3n) is 3.11. The van der Waals surface area contributed by atoms with E-state index in [9.17, 15) is 19.2 Å². The molecule has 0 heterocycles. The Labute approximate surface area is 108 Å². The normalized spacial score (nSPS) is 10.8. The molecule has 0 aliphatic rings. The van der Waals surface area contributed by atoms with Gasteiger partial charge in [0.1, 0.15) is 23.1 Å². The van der Waals surface area contributed by atoms with Gasteiger partial charge < -0.3 is 0 Å². The fraction of sp³-hybridized carbons (Fsp3) is 0.714. The zero-order valence-electron chi connectivity index (χ0n) is 11.6. The molecular formula is C14H22O4. The van der Waals surface area contributed by atoms with Crippen LogP contribution in [0.4, 0.5) is 0 Å². The van der Waals surface area contributed by atoms with E-state index in [4.69, 9.17) is 0 Å². The maximum atomic E-state index is 11.9. The number of hydrogen-bond acceptors (Lipinski definition) is 4. The maximum Gasteiger partial charge on any atom is 0.144 e. The standard InChI is InChI=1S/C14H22O4/c1-5-9(15)13(10(16)6-2)14(11(17)7-3)12(18)8-4/h13-14H,5-8H2,1-4H3. The zero-order valence-corrected chi connectivity index (χ0v) is 11.6. The third-order valence-corrected chi connectivity index (χ3v) is 3.11. The average Bonchev–Trinajstić information content (AvgIpc) is 2.41. The van der Waals surface area contributed by atoms with Crippen LogP contribution in [-0.2, 0) is 19.2 Å². The molecule has 18 heavy (non-hydrogen) atoms. The van der Waals surface area contributed by atoms with Gasteiger partial charge in [0.05, 0.1) is 11.8 Å². The van der Waals surface area contributed by atoms with Gasteiger partial charge in [-0.3, -0.25) is 19.2 Å². The number of rotatable bonds is 9. The number of carbonyl (C=O) groups excluding carboxylic acids is 4. The van der Waals surface area contributed by atoms with Crippen LogP contribution in [0, 0.1) is 11.8 Å². The van der Waals surface area contributed by atoms with Crippen molar-refractivity contribution in [3.8, 4) is 0 Å². The smallest absolute Gasteiger partial charge is 0.144 e. The summed E-state index contributed by atoms with van der Waals surface area (Å²) >= 11 is 0. The van der Waals surface area contributed by atoms with Crippen LogP contribution in [0.25, 0.3) is 0 Å². The van der Waals surface area contributed by atoms with E-state index in [0.717, 1.165) is 0 Å². The monoisotopic (exact) mass is 254 g/mol. The molecule has 0 radical (unpaired) electrons. The van der Waals surface area contributed by atoms with Gasteiger partial charge in [0.2, 0.25) is 0 Å². The second-order valence-electron chi connectivity index (χ2n) is 4.23. The van der Waals surface area contributed by atoms with Crippen LogP contribution in [0.15, 0.2) is 0 Å². The fourth-order valence-electron chi connectivity index (χ4n) is 1.98. The Morgan fingerprint density at radius 2 is 0.722 bits per heavy atom. The highest BCUT2D eigenvalue weighted by Crippen LogP contribution is 2.22. The Hall–Kier alpha value is -1.32. The van der Waals surface area contributed by atoms with E-state index in [2.05, 4.69) is 0 Å². The van der Waals surface area contributed by atoms with Crippen molar-refractivity contribution in [3.63, 3.8) is 0 Å². The fourth-order valence-corrected chi connectivity index (χ4v) is 1.98. The first-order chi connectivity index (χ1) is 8.44. The molecule has 4 heteroatoms. The number of ketones is 4. The number of hydrogen-bond donors (Lipinski definition) is 0. The van der Waals surface area contributed by atoms with Crippen LogP contribution in [-0.4, -0.2) is 23.1 Å². The lowest BCUT2D eigenvalue weighted by Crippen LogP contribution is -2.40. The molecule has 0 amide bonds. The quantitative estimate of drug-likeness (QED) is 0.591. The molecule has 0 rings (SSSR count). The highest BCUT2D eigenvalue weighted by atomic mass is 16.2. The molecule has 0 aromatic carbocycles. The Bertz CT molecular complexity index is 278. The molecule has 0 aromatic rings. The third kappa shape index (κ3) is 3.86. The van der Waals surface area contributed by atoms with Crippen molar-refractivity contribution in [2.45, 2.75) is 53.4 Å². The summed E-state index contributed by atoms with van der Waals surface area (Å²) in [6.07, 6.45) is 0.670. The van der Waals surface area contributed by atoms with Crippen molar-refractivity contribution >= 4 is 23.1 Å². The Morgan fingerprint density at radius 3 is 0.833 bits per heavy atom. The van der Waals surface area contributed by atoms with E-state index in [1.165, 1.54) is 0 Å². The van der Waals surface area contributed by atoms with Gasteiger partial charge in [0, 0.05) is 25.7 Å². The second kappa shape index (κ2) is 7.90. The molecule has 0 unspecified atom stereocenters. The largest absolute Gasteiger partial charge is 0.299 e. The van der Waals surface area contributed by atoms with Crippen molar-refractivity contribution in [1.29, 1.82) is 0 Å². The van der Waals surface area contributed by atoms with E-state index in [-0.39, 0.29) is 48.8 Å². The molecular weight excluding hydrogens is 232 g/mol. The summed E-state index contributed by atoms with van der Waals surface area (Å²) in [5.41, 5.74) is 0. The van der Waals surface area contributed by atoms with Gasteiger partial charge in [-0.2, -0.15) is 0 Å². The van der Waals surface area contributed by atoms with E-state index < -0.39 is 11.8 Å². The predicted octanol–water partition coefficient (Wildman–Crippen LogP) is 2.14. The molecule has 0 N–H and O–H groups in total. The lowest BCUT2D eigenvalue weighted by atomic mass is 9.77. The molecule has 0 aromatic heterocycles. The van der Waals surface area contributed by atoms with Crippen LogP contribution in [0.1, 0.15) is 53.4 Å². The van der Waals surface area contributed by atoms with Gasteiger partial charge in [-0.15, -0.1) is 0 Å². The summed E-state index contributed by atoms with van der Waals surface area (Å²) in [5.74, 6) is -3.38. The summed E-state index contributed by atoms with van der Waals surface area (Å²) in [7, 11) is 0. The first-order valence-electron chi connectivity index (χ1n) is 6.55. The highest BCUT2D eigenvalue weighted by molar-refractivity contribution is 6.14. The summed E-state index contributed by atoms with van der Waals surface area (Å²) in [5, 5.41) is 0. The summed E-state index contributed by atoms with van der Waals surface area (Å²) in [6, 6.07) is 0. The summed E-state index contributed by atoms with van der Waals surface area (Å²) in [4.78, 5) is 47.5. The number of Topliss-reactive ketones (excluding diaryl/α,β-unsaturated/α-hetero) is 4. The minimum absolute atomic E-state index is 0.168. The summed E-state index contributed by atoms with van der Waals surface area (Å²) in [6.45, 7) is 6.56. The second-order valence-corrected chi connectivity index (χ2v) is 4.23. The Kier molecular flexibility index (Phi) is 7.32. The van der Waals surface area contributed by atoms with Gasteiger partial charge >= 0.3 is 0 Å². The van der Waals surface area contributed by atoms with Crippen molar-refractivity contribution < 1.29 is 19.2 Å². The highest BCUT2D eigenvalue weighted by Gasteiger charge is 2.39. The van der Waals surface area contributed by atoms with E-state index in [0.29, 0.717) is 0 Å². The zero-order chi connectivity index (χ0) is 14.3. The van der Waals surface area contributed by atoms with Gasteiger partial charge in [0.15, 0.2) is 0 Å². The molecule has 0 aliphatic heterocycles.